The Kier molecular flexibility index (Phi) is 5.50. The van der Waals surface area contributed by atoms with Crippen molar-refractivity contribution in [3.05, 3.63) is 48.4 Å². The third kappa shape index (κ3) is 4.96. The summed E-state index contributed by atoms with van der Waals surface area (Å²) in [5.41, 5.74) is 1.35. The third-order valence-electron chi connectivity index (χ3n) is 5.21. The molecule has 8 nitrogen and oxygen atoms in total. The number of nitrogens with zero attached hydrogens (tertiary/aromatic N) is 1. The molecule has 1 aliphatic heterocycles. The molecule has 0 unspecified atom stereocenters. The van der Waals surface area contributed by atoms with Crippen molar-refractivity contribution in [2.45, 2.75) is 31.7 Å². The molecule has 4 amide bonds. The minimum Gasteiger partial charge on any atom is -0.459 e. The lowest BCUT2D eigenvalue weighted by molar-refractivity contribution is -0.121. The van der Waals surface area contributed by atoms with Crippen LogP contribution in [0.1, 0.15) is 36.2 Å². The van der Waals surface area contributed by atoms with Crippen molar-refractivity contribution in [1.29, 1.82) is 0 Å². The van der Waals surface area contributed by atoms with Crippen LogP contribution in [0.5, 0.6) is 0 Å². The number of piperidine rings is 1. The zero-order chi connectivity index (χ0) is 20.2. The number of rotatable bonds is 5. The number of amides is 4. The molecular formula is C21H24N4O4. The Bertz CT molecular complexity index is 867. The van der Waals surface area contributed by atoms with Crippen LogP contribution in [0.4, 0.5) is 16.2 Å². The molecule has 1 aromatic carbocycles. The van der Waals surface area contributed by atoms with Crippen LogP contribution in [0.3, 0.4) is 0 Å². The lowest BCUT2D eigenvalue weighted by atomic mass is 9.95. The molecule has 2 aromatic rings. The highest BCUT2D eigenvalue weighted by atomic mass is 16.3. The number of hydrogen-bond acceptors (Lipinski definition) is 4. The second-order valence-corrected chi connectivity index (χ2v) is 7.48. The standard InChI is InChI=1S/C21H24N4O4/c26-19(14-9-11-25(12-10-14)20(27)18-2-1-13-29-18)22-15-3-5-16(6-4-15)23-21(28)24-17-7-8-17/h1-6,13-14,17H,7-12H2,(H,22,26)(H2,23,24,28). The normalized spacial score (nSPS) is 16.9. The van der Waals surface area contributed by atoms with Crippen LogP contribution in [0.15, 0.2) is 47.1 Å². The predicted molar refractivity (Wildman–Crippen MR) is 108 cm³/mol. The van der Waals surface area contributed by atoms with Crippen molar-refractivity contribution >= 4 is 29.2 Å². The van der Waals surface area contributed by atoms with Crippen molar-refractivity contribution in [2.24, 2.45) is 5.92 Å². The maximum Gasteiger partial charge on any atom is 0.319 e. The van der Waals surface area contributed by atoms with E-state index in [2.05, 4.69) is 16.0 Å². The number of anilines is 2. The molecule has 2 aliphatic rings. The summed E-state index contributed by atoms with van der Waals surface area (Å²) in [6.45, 7) is 1.05. The quantitative estimate of drug-likeness (QED) is 0.723. The van der Waals surface area contributed by atoms with Gasteiger partial charge in [-0.3, -0.25) is 9.59 Å². The van der Waals surface area contributed by atoms with Gasteiger partial charge in [-0.15, -0.1) is 0 Å². The highest BCUT2D eigenvalue weighted by Crippen LogP contribution is 2.22. The van der Waals surface area contributed by atoms with Gasteiger partial charge in [0.2, 0.25) is 5.91 Å². The summed E-state index contributed by atoms with van der Waals surface area (Å²) in [6.07, 6.45) is 4.77. The number of benzene rings is 1. The van der Waals surface area contributed by atoms with Crippen molar-refractivity contribution in [3.8, 4) is 0 Å². The van der Waals surface area contributed by atoms with Crippen LogP contribution in [0, 0.1) is 5.92 Å². The lowest BCUT2D eigenvalue weighted by Crippen LogP contribution is -2.41. The van der Waals surface area contributed by atoms with Crippen molar-refractivity contribution in [1.82, 2.24) is 10.2 Å². The van der Waals surface area contributed by atoms with Gasteiger partial charge in [0.1, 0.15) is 0 Å². The minimum absolute atomic E-state index is 0.0534. The van der Waals surface area contributed by atoms with E-state index < -0.39 is 0 Å². The number of furan rings is 1. The molecular weight excluding hydrogens is 372 g/mol. The number of urea groups is 1. The van der Waals surface area contributed by atoms with Crippen LogP contribution in [-0.2, 0) is 4.79 Å². The molecule has 0 radical (unpaired) electrons. The highest BCUT2D eigenvalue weighted by Gasteiger charge is 2.28. The van der Waals surface area contributed by atoms with Crippen LogP contribution in [0.2, 0.25) is 0 Å². The number of carbonyl (C=O) groups excluding carboxylic acids is 3. The molecule has 152 valence electrons. The number of nitrogens with one attached hydrogen (secondary N) is 3. The van der Waals surface area contributed by atoms with E-state index in [9.17, 15) is 14.4 Å². The van der Waals surface area contributed by atoms with Gasteiger partial charge in [0.05, 0.1) is 6.26 Å². The van der Waals surface area contributed by atoms with Crippen LogP contribution in [0.25, 0.3) is 0 Å². The fourth-order valence-corrected chi connectivity index (χ4v) is 3.36. The molecule has 2 fully saturated rings. The Morgan fingerprint density at radius 3 is 2.14 bits per heavy atom. The first-order chi connectivity index (χ1) is 14.1. The summed E-state index contributed by atoms with van der Waals surface area (Å²) in [5.74, 6) is -0.00450. The molecule has 4 rings (SSSR count). The minimum atomic E-state index is -0.208. The van der Waals surface area contributed by atoms with Gasteiger partial charge >= 0.3 is 6.03 Å². The van der Waals surface area contributed by atoms with Gasteiger partial charge in [0.25, 0.3) is 5.91 Å². The number of hydrogen-bond donors (Lipinski definition) is 3. The van der Waals surface area contributed by atoms with E-state index in [4.69, 9.17) is 4.42 Å². The second-order valence-electron chi connectivity index (χ2n) is 7.48. The van der Waals surface area contributed by atoms with Crippen LogP contribution in [-0.4, -0.2) is 41.9 Å². The zero-order valence-electron chi connectivity index (χ0n) is 16.0. The van der Waals surface area contributed by atoms with E-state index in [1.807, 2.05) is 0 Å². The Morgan fingerprint density at radius 2 is 1.55 bits per heavy atom. The average molecular weight is 396 g/mol. The van der Waals surface area contributed by atoms with Gasteiger partial charge in [-0.25, -0.2) is 4.79 Å². The van der Waals surface area contributed by atoms with Gasteiger partial charge in [-0.05, 0) is 62.1 Å². The van der Waals surface area contributed by atoms with Crippen molar-refractivity contribution < 1.29 is 18.8 Å². The fraction of sp³-hybridized carbons (Fsp3) is 0.381. The first-order valence-electron chi connectivity index (χ1n) is 9.90. The first kappa shape index (κ1) is 19.0. The zero-order valence-corrected chi connectivity index (χ0v) is 16.0. The van der Waals surface area contributed by atoms with Gasteiger partial charge in [-0.2, -0.15) is 0 Å². The largest absolute Gasteiger partial charge is 0.459 e. The Morgan fingerprint density at radius 1 is 0.897 bits per heavy atom. The highest BCUT2D eigenvalue weighted by molar-refractivity contribution is 5.94. The average Bonchev–Trinajstić information content (AvgIpc) is 3.37. The van der Waals surface area contributed by atoms with Crippen molar-refractivity contribution in [3.63, 3.8) is 0 Å². The van der Waals surface area contributed by atoms with E-state index in [-0.39, 0.29) is 23.8 Å². The molecule has 1 saturated heterocycles. The Balaban J connectivity index is 1.24. The van der Waals surface area contributed by atoms with E-state index in [0.29, 0.717) is 49.1 Å². The molecule has 29 heavy (non-hydrogen) atoms. The molecule has 0 atom stereocenters. The maximum atomic E-state index is 12.6. The van der Waals surface area contributed by atoms with E-state index in [0.717, 1.165) is 12.8 Å². The summed E-state index contributed by atoms with van der Waals surface area (Å²) in [6, 6.07) is 10.5. The first-order valence-corrected chi connectivity index (χ1v) is 9.90. The van der Waals surface area contributed by atoms with Gasteiger partial charge in [0.15, 0.2) is 5.76 Å². The van der Waals surface area contributed by atoms with Gasteiger partial charge in [0, 0.05) is 36.4 Å². The molecule has 1 aromatic heterocycles. The number of carbonyl (C=O) groups is 3. The van der Waals surface area contributed by atoms with E-state index in [1.165, 1.54) is 6.26 Å². The smallest absolute Gasteiger partial charge is 0.319 e. The SMILES string of the molecule is O=C(Nc1ccc(NC(=O)C2CCN(C(=O)c3ccco3)CC2)cc1)NC1CC1. The summed E-state index contributed by atoms with van der Waals surface area (Å²) in [4.78, 5) is 38.3. The van der Waals surface area contributed by atoms with E-state index in [1.54, 1.807) is 41.3 Å². The summed E-state index contributed by atoms with van der Waals surface area (Å²) in [5, 5.41) is 8.55. The maximum absolute atomic E-state index is 12.6. The van der Waals surface area contributed by atoms with Crippen LogP contribution < -0.4 is 16.0 Å². The Hall–Kier alpha value is -3.29. The summed E-state index contributed by atoms with van der Waals surface area (Å²) >= 11 is 0. The predicted octanol–water partition coefficient (Wildman–Crippen LogP) is 3.05. The number of likely N-dealkylation sites (tertiary alicyclic amines) is 1. The molecule has 8 heteroatoms. The summed E-state index contributed by atoms with van der Waals surface area (Å²) in [7, 11) is 0. The van der Waals surface area contributed by atoms with Gasteiger partial charge in [-0.1, -0.05) is 0 Å². The molecule has 0 bridgehead atoms. The topological polar surface area (TPSA) is 104 Å². The third-order valence-corrected chi connectivity index (χ3v) is 5.21. The second kappa shape index (κ2) is 8.38. The monoisotopic (exact) mass is 396 g/mol. The fourth-order valence-electron chi connectivity index (χ4n) is 3.36. The molecule has 2 heterocycles. The van der Waals surface area contributed by atoms with Gasteiger partial charge < -0.3 is 25.3 Å². The molecule has 0 spiro atoms. The summed E-state index contributed by atoms with van der Waals surface area (Å²) < 4.78 is 5.16. The molecule has 1 aliphatic carbocycles. The molecule has 3 N–H and O–H groups in total. The Labute approximate surface area is 168 Å². The van der Waals surface area contributed by atoms with E-state index >= 15 is 0 Å². The van der Waals surface area contributed by atoms with Crippen LogP contribution >= 0.6 is 0 Å². The molecule has 1 saturated carbocycles. The van der Waals surface area contributed by atoms with Crippen molar-refractivity contribution in [2.75, 3.05) is 23.7 Å². The lowest BCUT2D eigenvalue weighted by Gasteiger charge is -2.30.